The first-order valence-corrected chi connectivity index (χ1v) is 20.1. The Bertz CT molecular complexity index is 2270. The molecule has 0 saturated heterocycles. The van der Waals surface area contributed by atoms with Crippen LogP contribution >= 0.6 is 0 Å². The summed E-state index contributed by atoms with van der Waals surface area (Å²) in [6.07, 6.45) is 15.0. The molecule has 2 fully saturated rings. The predicted octanol–water partition coefficient (Wildman–Crippen LogP) is 14.0. The zero-order valence-corrected chi connectivity index (χ0v) is 32.0. The molecule has 2 atom stereocenters. The van der Waals surface area contributed by atoms with Crippen molar-refractivity contribution in [2.24, 2.45) is 5.41 Å². The Morgan fingerprint density at radius 2 is 1.22 bits per heavy atom. The van der Waals surface area contributed by atoms with Gasteiger partial charge in [-0.25, -0.2) is 0 Å². The van der Waals surface area contributed by atoms with E-state index in [2.05, 4.69) is 136 Å². The number of fused-ring (bicyclic) bond motifs is 2. The number of hydrogen-bond donors (Lipinski definition) is 0. The van der Waals surface area contributed by atoms with Gasteiger partial charge in [-0.1, -0.05) is 124 Å². The summed E-state index contributed by atoms with van der Waals surface area (Å²) in [6.45, 7) is 14.6. The normalized spacial score (nSPS) is 23.1. The summed E-state index contributed by atoms with van der Waals surface area (Å²) in [7, 11) is 0. The first-order valence-electron chi connectivity index (χ1n) is 20.1. The summed E-state index contributed by atoms with van der Waals surface area (Å²) >= 11 is 0. The highest BCUT2D eigenvalue weighted by molar-refractivity contribution is 6.27. The molecule has 0 N–H and O–H groups in total. The molecule has 262 valence electrons. The fourth-order valence-electron chi connectivity index (χ4n) is 11.2. The van der Waals surface area contributed by atoms with E-state index >= 15 is 0 Å². The minimum Gasteiger partial charge on any atom is -0.335 e. The van der Waals surface area contributed by atoms with Gasteiger partial charge in [0.2, 0.25) is 0 Å². The first-order chi connectivity index (χ1) is 24.6. The fraction of sp³-hybridized carbons (Fsp3) is 0.429. The topological polar surface area (TPSA) is 6.48 Å². The maximum atomic E-state index is 2.82. The van der Waals surface area contributed by atoms with Crippen LogP contribution in [-0.4, -0.2) is 11.1 Å². The average Bonchev–Trinajstić information content (AvgIpc) is 3.12. The molecule has 6 aromatic carbocycles. The van der Waals surface area contributed by atoms with E-state index in [0.717, 1.165) is 12.8 Å². The molecular weight excluding hydrogens is 617 g/mol. The van der Waals surface area contributed by atoms with Gasteiger partial charge in [-0.15, -0.1) is 0 Å². The molecule has 9 rings (SSSR count). The molecule has 1 aliphatic heterocycles. The third-order valence-electron chi connectivity index (χ3n) is 14.1. The molecule has 0 aromatic heterocycles. The molecule has 0 bridgehead atoms. The highest BCUT2D eigenvalue weighted by atomic mass is 15.2. The van der Waals surface area contributed by atoms with Crippen LogP contribution in [0.25, 0.3) is 32.3 Å². The van der Waals surface area contributed by atoms with E-state index in [4.69, 9.17) is 0 Å². The number of aryl methyl sites for hydroxylation is 3. The molecule has 2 heteroatoms. The second-order valence-electron chi connectivity index (χ2n) is 17.6. The lowest BCUT2D eigenvalue weighted by Crippen LogP contribution is -2.60. The van der Waals surface area contributed by atoms with Crippen LogP contribution in [0.15, 0.2) is 84.9 Å². The van der Waals surface area contributed by atoms with Crippen molar-refractivity contribution in [1.29, 1.82) is 0 Å². The van der Waals surface area contributed by atoms with Gasteiger partial charge in [-0.3, -0.25) is 0 Å². The van der Waals surface area contributed by atoms with E-state index in [1.807, 2.05) is 0 Å². The number of benzene rings is 6. The Labute approximate surface area is 306 Å². The Kier molecular flexibility index (Phi) is 7.73. The molecule has 0 amide bonds. The summed E-state index contributed by atoms with van der Waals surface area (Å²) in [5, 5.41) is 8.33. The van der Waals surface area contributed by atoms with Crippen LogP contribution in [0.5, 0.6) is 0 Å². The van der Waals surface area contributed by atoms with Crippen molar-refractivity contribution >= 4 is 55.1 Å². The standard InChI is InChI=1S/C49H56N2/c1-7-13-37-30-33(2)14-22-41(37)50(48(5)27-9-8-10-28-48)43-24-18-35-17-21-40-44(25-19-36-16-20-39(43)45(35)46(36)40)51-42-23-15-34(3)31-38(42)32-47(4)26-11-12-29-49(47,51)6/h14-25,30-31H,7-13,26-29,32H2,1-6H3. The monoisotopic (exact) mass is 672 g/mol. The van der Waals surface area contributed by atoms with Gasteiger partial charge < -0.3 is 9.80 Å². The van der Waals surface area contributed by atoms with E-state index in [1.54, 1.807) is 0 Å². The highest BCUT2D eigenvalue weighted by Crippen LogP contribution is 2.59. The molecular formula is C49H56N2. The summed E-state index contributed by atoms with van der Waals surface area (Å²) in [6, 6.07) is 34.0. The van der Waals surface area contributed by atoms with Crippen molar-refractivity contribution in [3.05, 3.63) is 107 Å². The molecule has 0 spiro atoms. The van der Waals surface area contributed by atoms with Crippen LogP contribution in [0.4, 0.5) is 22.7 Å². The van der Waals surface area contributed by atoms with Crippen molar-refractivity contribution in [2.45, 2.75) is 130 Å². The van der Waals surface area contributed by atoms with Gasteiger partial charge in [-0.2, -0.15) is 0 Å². The maximum Gasteiger partial charge on any atom is 0.0496 e. The lowest BCUT2D eigenvalue weighted by atomic mass is 9.57. The van der Waals surface area contributed by atoms with Gasteiger partial charge in [0.15, 0.2) is 0 Å². The molecule has 6 aromatic rings. The van der Waals surface area contributed by atoms with Crippen LogP contribution in [-0.2, 0) is 12.8 Å². The van der Waals surface area contributed by atoms with Crippen LogP contribution < -0.4 is 9.80 Å². The third kappa shape index (κ3) is 4.95. The molecule has 3 aliphatic rings. The summed E-state index contributed by atoms with van der Waals surface area (Å²) in [5.41, 5.74) is 11.6. The zero-order chi connectivity index (χ0) is 35.1. The second kappa shape index (κ2) is 12.0. The van der Waals surface area contributed by atoms with Crippen molar-refractivity contribution in [3.8, 4) is 0 Å². The van der Waals surface area contributed by atoms with Crippen LogP contribution in [0, 0.1) is 19.3 Å². The Morgan fingerprint density at radius 1 is 0.608 bits per heavy atom. The van der Waals surface area contributed by atoms with Crippen molar-refractivity contribution in [1.82, 2.24) is 0 Å². The van der Waals surface area contributed by atoms with Gasteiger partial charge in [0, 0.05) is 44.6 Å². The Balaban J connectivity index is 1.31. The van der Waals surface area contributed by atoms with Gasteiger partial charge in [0.1, 0.15) is 0 Å². The number of anilines is 4. The van der Waals surface area contributed by atoms with E-state index in [-0.39, 0.29) is 16.5 Å². The SMILES string of the molecule is CCCc1cc(C)ccc1N(c1ccc2ccc3c(N4c5ccc(C)cc5CC5(C)CCCCC45C)ccc4ccc1c2c43)C1(C)CCCCC1. The second-order valence-corrected chi connectivity index (χ2v) is 17.6. The van der Waals surface area contributed by atoms with E-state index in [0.29, 0.717) is 0 Å². The van der Waals surface area contributed by atoms with E-state index < -0.39 is 0 Å². The fourth-order valence-corrected chi connectivity index (χ4v) is 11.2. The molecule has 0 radical (unpaired) electrons. The van der Waals surface area contributed by atoms with Crippen molar-refractivity contribution in [2.75, 3.05) is 9.80 Å². The van der Waals surface area contributed by atoms with E-state index in [1.165, 1.54) is 142 Å². The maximum absolute atomic E-state index is 2.82. The van der Waals surface area contributed by atoms with Crippen LogP contribution in [0.2, 0.25) is 0 Å². The number of nitrogens with zero attached hydrogens (tertiary/aromatic N) is 2. The Hall–Kier alpha value is -4.04. The summed E-state index contributed by atoms with van der Waals surface area (Å²) in [4.78, 5) is 5.62. The zero-order valence-electron chi connectivity index (χ0n) is 32.0. The molecule has 2 saturated carbocycles. The minimum absolute atomic E-state index is 0.0506. The highest BCUT2D eigenvalue weighted by Gasteiger charge is 2.54. The third-order valence-corrected chi connectivity index (χ3v) is 14.1. The van der Waals surface area contributed by atoms with Gasteiger partial charge >= 0.3 is 0 Å². The quantitative estimate of drug-likeness (QED) is 0.163. The summed E-state index contributed by atoms with van der Waals surface area (Å²) in [5.74, 6) is 0. The van der Waals surface area contributed by atoms with Gasteiger partial charge in [-0.05, 0) is 129 Å². The average molecular weight is 673 g/mol. The predicted molar refractivity (Wildman–Crippen MR) is 221 cm³/mol. The smallest absolute Gasteiger partial charge is 0.0496 e. The molecule has 2 aliphatic carbocycles. The minimum atomic E-state index is 0.0506. The molecule has 51 heavy (non-hydrogen) atoms. The summed E-state index contributed by atoms with van der Waals surface area (Å²) < 4.78 is 0. The lowest BCUT2D eigenvalue weighted by Gasteiger charge is -2.60. The molecule has 1 heterocycles. The number of rotatable bonds is 6. The van der Waals surface area contributed by atoms with Crippen LogP contribution in [0.1, 0.15) is 114 Å². The van der Waals surface area contributed by atoms with E-state index in [9.17, 15) is 0 Å². The van der Waals surface area contributed by atoms with Gasteiger partial charge in [0.05, 0.1) is 0 Å². The molecule has 2 nitrogen and oxygen atoms in total. The number of hydrogen-bond acceptors (Lipinski definition) is 2. The van der Waals surface area contributed by atoms with Crippen molar-refractivity contribution in [3.63, 3.8) is 0 Å². The van der Waals surface area contributed by atoms with Crippen LogP contribution in [0.3, 0.4) is 0 Å². The lowest BCUT2D eigenvalue weighted by molar-refractivity contribution is 0.0864. The first kappa shape index (κ1) is 32.8. The Morgan fingerprint density at radius 3 is 2.00 bits per heavy atom. The van der Waals surface area contributed by atoms with Crippen molar-refractivity contribution < 1.29 is 0 Å². The van der Waals surface area contributed by atoms with Gasteiger partial charge in [0.25, 0.3) is 0 Å². The largest absolute Gasteiger partial charge is 0.335 e. The molecule has 2 unspecified atom stereocenters.